The van der Waals surface area contributed by atoms with Gasteiger partial charge in [-0.2, -0.15) is 12.8 Å². The van der Waals surface area contributed by atoms with Crippen LogP contribution in [-0.4, -0.2) is 122 Å². The number of phenolic OH excluding ortho intramolecular Hbond substituents is 3. The molecule has 0 aromatic heterocycles. The minimum absolute atomic E-state index is 0.00786. The van der Waals surface area contributed by atoms with Gasteiger partial charge in [0.1, 0.15) is 17.2 Å². The molecule has 562 valence electrons. The number of nitrogens with one attached hydrogen (secondary N) is 3. The zero-order valence-electron chi connectivity index (χ0n) is 57.0. The van der Waals surface area contributed by atoms with Crippen LogP contribution >= 0.6 is 102 Å². The summed E-state index contributed by atoms with van der Waals surface area (Å²) in [4.78, 5) is 80.3. The third kappa shape index (κ3) is 21.7. The summed E-state index contributed by atoms with van der Waals surface area (Å²) in [6, 6.07) is 54.8. The van der Waals surface area contributed by atoms with E-state index < -0.39 is 51.4 Å². The van der Waals surface area contributed by atoms with Crippen molar-refractivity contribution in [1.82, 2.24) is 0 Å². The summed E-state index contributed by atoms with van der Waals surface area (Å²) in [6.45, 7) is 5.44. The van der Waals surface area contributed by atoms with Crippen molar-refractivity contribution in [2.45, 2.75) is 45.2 Å². The molecule has 0 heterocycles. The van der Waals surface area contributed by atoms with Gasteiger partial charge in [-0.3, -0.25) is 38.1 Å². The second-order valence-corrected chi connectivity index (χ2v) is 35.3. The largest absolute Gasteiger partial charge is 0.506 e. The molecule has 1 atom stereocenters. The zero-order valence-corrected chi connectivity index (χ0v) is 67.6. The second-order valence-electron chi connectivity index (χ2n) is 23.4. The van der Waals surface area contributed by atoms with E-state index in [4.69, 9.17) is 20.4 Å². The molecule has 0 aliphatic heterocycles. The Labute approximate surface area is 666 Å². The number of aromatic hydroxyl groups is 3. The predicted octanol–water partition coefficient (Wildman–Crippen LogP) is 17.1. The summed E-state index contributed by atoms with van der Waals surface area (Å²) >= 11 is 13.6. The van der Waals surface area contributed by atoms with Gasteiger partial charge in [0.15, 0.2) is 5.78 Å². The number of halogens is 3. The highest BCUT2D eigenvalue weighted by Gasteiger charge is 2.29. The SMILES string of the molecule is Cc1cc(C)c(S(=O)(=O)N=C2C=C(SCC(=O)O)C(=O)c3ccccc32)cc1C.O=C(O)CSc1cc(NC(=O)c2ccc(Br)cc2)c2ccccc2c1O.O=C(O)CSc1cc(NP(=O)(O)c2ccc(Br)cc2)c2ccccc2c1O.O=C(O)CSc1cc(S(=O)(=O)Nc2ccc(Br)cc2)c2ccccc2c1O. The number of amides is 1. The molecule has 0 spiro atoms. The number of rotatable bonds is 22. The first-order valence-electron chi connectivity index (χ1n) is 31.7. The summed E-state index contributed by atoms with van der Waals surface area (Å²) in [5.74, 6) is -6.00. The fraction of sp³-hybridized carbons (Fsp3) is 0.0921. The van der Waals surface area contributed by atoms with Crippen LogP contribution in [0.4, 0.5) is 17.1 Å². The van der Waals surface area contributed by atoms with E-state index in [-0.39, 0.29) is 82.6 Å². The number of carboxylic acids is 4. The Balaban J connectivity index is 0.000000168. The van der Waals surface area contributed by atoms with Crippen molar-refractivity contribution in [3.63, 3.8) is 0 Å². The number of hydrogen-bond acceptors (Lipinski definition) is 18. The van der Waals surface area contributed by atoms with Gasteiger partial charge in [-0.05, 0) is 141 Å². The molecule has 0 bridgehead atoms. The Morgan fingerprint density at radius 3 is 1.38 bits per heavy atom. The van der Waals surface area contributed by atoms with Gasteiger partial charge in [0.2, 0.25) is 0 Å². The molecule has 109 heavy (non-hydrogen) atoms. The molecule has 11 N–H and O–H groups in total. The monoisotopic (exact) mass is 1790 g/mol. The number of carbonyl (C=O) groups excluding carboxylic acids is 2. The van der Waals surface area contributed by atoms with Crippen molar-refractivity contribution in [2.75, 3.05) is 38.1 Å². The number of phenols is 3. The molecule has 11 aromatic carbocycles. The third-order valence-electron chi connectivity index (χ3n) is 15.7. The second kappa shape index (κ2) is 36.8. The van der Waals surface area contributed by atoms with Gasteiger partial charge in [-0.15, -0.1) is 47.0 Å². The summed E-state index contributed by atoms with van der Waals surface area (Å²) in [5.41, 5.74) is 4.95. The molecule has 1 aliphatic carbocycles. The molecule has 11 aromatic rings. The molecule has 0 saturated carbocycles. The third-order valence-corrected chi connectivity index (χ3v) is 25.8. The number of allylic oxidation sites excluding steroid dienone is 2. The van der Waals surface area contributed by atoms with E-state index in [9.17, 15) is 70.4 Å². The first-order chi connectivity index (χ1) is 51.6. The maximum absolute atomic E-state index is 13.0. The van der Waals surface area contributed by atoms with E-state index in [1.807, 2.05) is 13.8 Å². The number of hydrogen-bond donors (Lipinski definition) is 11. The lowest BCUT2D eigenvalue weighted by atomic mass is 9.94. The predicted molar refractivity (Wildman–Crippen MR) is 440 cm³/mol. The first-order valence-corrected chi connectivity index (χ1v) is 42.6. The van der Waals surface area contributed by atoms with Crippen LogP contribution in [0.1, 0.15) is 43.0 Å². The number of fused-ring (bicyclic) bond motifs is 4. The lowest BCUT2D eigenvalue weighted by Gasteiger charge is -2.18. The summed E-state index contributed by atoms with van der Waals surface area (Å²) in [5, 5.41) is 75.6. The summed E-state index contributed by atoms with van der Waals surface area (Å²) < 4.78 is 73.9. The number of nitrogens with zero attached hydrogens (tertiary/aromatic N) is 1. The smallest absolute Gasteiger partial charge is 0.321 e. The average molecular weight is 1800 g/mol. The normalized spacial score (nSPS) is 12.7. The molecule has 12 rings (SSSR count). The van der Waals surface area contributed by atoms with E-state index in [1.165, 1.54) is 18.2 Å². The zero-order chi connectivity index (χ0) is 79.2. The highest BCUT2D eigenvalue weighted by molar-refractivity contribution is 9.11. The fourth-order valence-electron chi connectivity index (χ4n) is 10.6. The minimum atomic E-state index is -4.04. The number of sulfonamides is 2. The van der Waals surface area contributed by atoms with Crippen LogP contribution in [0.3, 0.4) is 0 Å². The summed E-state index contributed by atoms with van der Waals surface area (Å²) in [7, 11) is -11.9. The number of carbonyl (C=O) groups is 6. The van der Waals surface area contributed by atoms with Gasteiger partial charge < -0.3 is 51.0 Å². The topological polar surface area (TPSA) is 398 Å². The lowest BCUT2D eigenvalue weighted by Crippen LogP contribution is -2.18. The van der Waals surface area contributed by atoms with E-state index in [0.717, 1.165) is 71.6 Å². The Hall–Kier alpha value is -9.44. The highest BCUT2D eigenvalue weighted by Crippen LogP contribution is 2.47. The molecule has 0 radical (unpaired) electrons. The van der Waals surface area contributed by atoms with E-state index >= 15 is 0 Å². The Bertz CT molecular complexity index is 5760. The Morgan fingerprint density at radius 1 is 0.468 bits per heavy atom. The number of thioether (sulfide) groups is 4. The van der Waals surface area contributed by atoms with Crippen molar-refractivity contribution in [1.29, 1.82) is 0 Å². The fourth-order valence-corrected chi connectivity index (χ4v) is 18.1. The molecular weight excluding hydrogens is 1740 g/mol. The van der Waals surface area contributed by atoms with Crippen molar-refractivity contribution < 1.29 is 90.8 Å². The molecular formula is C76H62Br3N4O19PS6. The van der Waals surface area contributed by atoms with Gasteiger partial charge in [0.05, 0.1) is 74.8 Å². The van der Waals surface area contributed by atoms with E-state index in [2.05, 4.69) is 67.3 Å². The van der Waals surface area contributed by atoms with Crippen molar-refractivity contribution >= 4 is 218 Å². The maximum atomic E-state index is 13.0. The number of Topliss-reactive ketones (excluding diaryl/α,β-unsaturated/α-hetero) is 1. The van der Waals surface area contributed by atoms with Crippen LogP contribution in [0.25, 0.3) is 32.3 Å². The maximum Gasteiger partial charge on any atom is 0.321 e. The highest BCUT2D eigenvalue weighted by atomic mass is 79.9. The Morgan fingerprint density at radius 2 is 0.872 bits per heavy atom. The number of aryl methyl sites for hydroxylation is 3. The standard InChI is InChI=1S/C21H19NO5S2.C19H14BrNO4S.C18H15BrNO5PS.C18H14BrNO5S2/c1-12-8-14(3)19(9-13(12)2)29(26,27)22-17-10-18(28-11-20(23)24)21(25)16-7-5-4-6-15(16)17;20-12-7-5-11(6-8-12)19(25)21-15-9-16(26-10-17(22)23)18(24)14-4-2-1-3-13(14)15;19-11-5-7-12(8-6-11)26(24,25)20-15-9-16(27-10-17(21)22)18(23)14-4-2-1-3-13(14)15;19-11-5-7-12(8-6-11)20-27(24,25)16-9-15(26-10-17(21)22)18(23)14-4-2-1-3-13(14)16/h4-10H,11H2,1-3H3,(H,23,24);1-9,24H,10H2,(H,21,25)(H,22,23);1-9,23H,10H2,(H,21,22)(H2,20,24,25);1-9,20,23H,10H2,(H,21,22). The first kappa shape index (κ1) is 83.6. The average Bonchev–Trinajstić information content (AvgIpc) is 0.781. The quantitative estimate of drug-likeness (QED) is 0.0170. The van der Waals surface area contributed by atoms with Crippen LogP contribution in [0.5, 0.6) is 17.2 Å². The minimum Gasteiger partial charge on any atom is -0.506 e. The van der Waals surface area contributed by atoms with E-state index in [0.29, 0.717) is 81.4 Å². The van der Waals surface area contributed by atoms with Gasteiger partial charge in [-0.25, -0.2) is 8.42 Å². The molecule has 1 unspecified atom stereocenters. The lowest BCUT2D eigenvalue weighted by molar-refractivity contribution is -0.134. The molecule has 33 heteroatoms. The van der Waals surface area contributed by atoms with Gasteiger partial charge in [0.25, 0.3) is 26.0 Å². The molecule has 1 amide bonds. The number of aliphatic carboxylic acids is 4. The van der Waals surface area contributed by atoms with Crippen molar-refractivity contribution in [2.24, 2.45) is 4.40 Å². The molecule has 0 saturated heterocycles. The molecule has 0 fully saturated rings. The number of anilines is 3. The number of ketones is 1. The van der Waals surface area contributed by atoms with Crippen molar-refractivity contribution in [3.05, 3.63) is 258 Å². The van der Waals surface area contributed by atoms with Crippen LogP contribution in [0.2, 0.25) is 0 Å². The van der Waals surface area contributed by atoms with Gasteiger partial charge >= 0.3 is 31.4 Å². The number of carboxylic acid groups (broad SMARTS) is 4. The number of benzene rings is 11. The van der Waals surface area contributed by atoms with Crippen LogP contribution in [0.15, 0.2) is 253 Å². The van der Waals surface area contributed by atoms with Crippen LogP contribution in [-0.2, 0) is 43.8 Å². The van der Waals surface area contributed by atoms with Crippen molar-refractivity contribution in [3.8, 4) is 17.2 Å². The van der Waals surface area contributed by atoms with Gasteiger partial charge in [0, 0.05) is 68.1 Å². The summed E-state index contributed by atoms with van der Waals surface area (Å²) in [6.07, 6.45) is 1.35. The van der Waals surface area contributed by atoms with Gasteiger partial charge in [-0.1, -0.05) is 151 Å². The Kier molecular flexibility index (Phi) is 28.3. The van der Waals surface area contributed by atoms with Crippen LogP contribution < -0.4 is 20.4 Å². The van der Waals surface area contributed by atoms with E-state index in [1.54, 1.807) is 195 Å². The molecule has 1 aliphatic rings. The molecule has 23 nitrogen and oxygen atoms in total. The van der Waals surface area contributed by atoms with Crippen LogP contribution in [0, 0.1) is 20.8 Å².